The molecule has 1 rings (SSSR count). The largest absolute Gasteiger partial charge is 0.301 e. The fourth-order valence-corrected chi connectivity index (χ4v) is 5.19. The van der Waals surface area contributed by atoms with Crippen LogP contribution >= 0.6 is 0 Å². The van der Waals surface area contributed by atoms with Crippen molar-refractivity contribution in [1.29, 1.82) is 0 Å². The van der Waals surface area contributed by atoms with Gasteiger partial charge in [-0.05, 0) is 30.2 Å². The number of likely N-dealkylation sites (tertiary alicyclic amines) is 1. The Morgan fingerprint density at radius 2 is 1.56 bits per heavy atom. The molecule has 0 aliphatic carbocycles. The van der Waals surface area contributed by atoms with Gasteiger partial charge in [0.25, 0.3) is 0 Å². The van der Waals surface area contributed by atoms with Gasteiger partial charge in [-0.25, -0.2) is 0 Å². The maximum atomic E-state index is 4.13. The van der Waals surface area contributed by atoms with Gasteiger partial charge in [-0.1, -0.05) is 41.5 Å². The Morgan fingerprint density at radius 1 is 1.06 bits per heavy atom. The lowest BCUT2D eigenvalue weighted by Gasteiger charge is -2.49. The van der Waals surface area contributed by atoms with Gasteiger partial charge in [0.15, 0.2) is 0 Å². The lowest BCUT2D eigenvalue weighted by atomic mass is 9.63. The van der Waals surface area contributed by atoms with Crippen molar-refractivity contribution in [3.05, 3.63) is 0 Å². The molecule has 1 saturated heterocycles. The second kappa shape index (κ2) is 4.25. The van der Waals surface area contributed by atoms with Crippen molar-refractivity contribution in [1.82, 2.24) is 4.90 Å². The van der Waals surface area contributed by atoms with E-state index in [-0.39, 0.29) is 16.0 Å². The molecular formula is C13H25NSi2. The highest BCUT2D eigenvalue weighted by atomic mass is 28.2. The predicted octanol–water partition coefficient (Wildman–Crippen LogP) is 2.53. The van der Waals surface area contributed by atoms with E-state index in [4.69, 9.17) is 0 Å². The number of rotatable bonds is 3. The van der Waals surface area contributed by atoms with Crippen molar-refractivity contribution < 1.29 is 0 Å². The van der Waals surface area contributed by atoms with E-state index in [2.05, 4.69) is 66.9 Å². The molecule has 0 amide bonds. The molecule has 6 radical (unpaired) electrons. The minimum Gasteiger partial charge on any atom is -0.301 e. The van der Waals surface area contributed by atoms with E-state index in [1.807, 2.05) is 0 Å². The first kappa shape index (κ1) is 14.5. The number of hydrogen-bond donors (Lipinski definition) is 0. The summed E-state index contributed by atoms with van der Waals surface area (Å²) in [6.45, 7) is 15.1. The summed E-state index contributed by atoms with van der Waals surface area (Å²) in [4.78, 5) is 2.56. The molecule has 1 aliphatic rings. The summed E-state index contributed by atoms with van der Waals surface area (Å²) in [5.74, 6) is 0. The van der Waals surface area contributed by atoms with E-state index >= 15 is 0 Å². The zero-order valence-electron chi connectivity index (χ0n) is 11.6. The summed E-state index contributed by atoms with van der Waals surface area (Å²) in [5.41, 5.74) is 0.959. The zero-order valence-corrected chi connectivity index (χ0v) is 13.6. The molecule has 1 nitrogen and oxygen atoms in total. The summed E-state index contributed by atoms with van der Waals surface area (Å²) >= 11 is 0. The van der Waals surface area contributed by atoms with Crippen LogP contribution in [0.2, 0.25) is 0 Å². The Bertz CT molecular complexity index is 267. The van der Waals surface area contributed by atoms with Gasteiger partial charge in [-0.15, -0.1) is 0 Å². The van der Waals surface area contributed by atoms with Crippen LogP contribution in [0.1, 0.15) is 54.4 Å². The van der Waals surface area contributed by atoms with E-state index in [1.165, 1.54) is 6.42 Å². The van der Waals surface area contributed by atoms with Gasteiger partial charge in [0.1, 0.15) is 0 Å². The van der Waals surface area contributed by atoms with Crippen LogP contribution < -0.4 is 0 Å². The average molecular weight is 252 g/mol. The Morgan fingerprint density at radius 3 is 1.88 bits per heavy atom. The first-order chi connectivity index (χ1) is 7.22. The van der Waals surface area contributed by atoms with E-state index in [1.54, 1.807) is 0 Å². The van der Waals surface area contributed by atoms with Crippen molar-refractivity contribution in [2.24, 2.45) is 10.8 Å². The minimum atomic E-state index is 0.104. The van der Waals surface area contributed by atoms with Gasteiger partial charge < -0.3 is 4.90 Å². The lowest BCUT2D eigenvalue weighted by Crippen LogP contribution is -2.55. The third-order valence-corrected chi connectivity index (χ3v) is 7.61. The highest BCUT2D eigenvalue weighted by Crippen LogP contribution is 2.60. The highest BCUT2D eigenvalue weighted by molar-refractivity contribution is 6.19. The normalized spacial score (nSPS) is 43.9. The van der Waals surface area contributed by atoms with Crippen LogP contribution in [0.3, 0.4) is 0 Å². The summed E-state index contributed by atoms with van der Waals surface area (Å²) in [5, 5.41) is 0.104. The van der Waals surface area contributed by atoms with Crippen LogP contribution in [-0.2, 0) is 0 Å². The Kier molecular flexibility index (Phi) is 3.84. The molecule has 0 spiro atoms. The average Bonchev–Trinajstić information content (AvgIpc) is 2.37. The fourth-order valence-electron chi connectivity index (χ4n) is 3.56. The number of nitrogens with zero attached hydrogens (tertiary/aromatic N) is 1. The molecule has 0 aromatic carbocycles. The van der Waals surface area contributed by atoms with Crippen LogP contribution in [0.4, 0.5) is 0 Å². The molecule has 0 aromatic rings. The second-order valence-corrected chi connectivity index (χ2v) is 7.18. The quantitative estimate of drug-likeness (QED) is 0.697. The predicted molar refractivity (Wildman–Crippen MR) is 72.9 cm³/mol. The van der Waals surface area contributed by atoms with Gasteiger partial charge in [0, 0.05) is 21.1 Å². The van der Waals surface area contributed by atoms with Crippen LogP contribution in [-0.4, -0.2) is 42.8 Å². The van der Waals surface area contributed by atoms with Gasteiger partial charge >= 0.3 is 0 Å². The fraction of sp³-hybridized carbons (Fsp3) is 1.00. The standard InChI is InChI=1S/C13H25NSi2/c1-7-12(6)11(4,5)10(15)14(9-3)13(12,16)8-2/h10H,7-9H2,1-6H3. The van der Waals surface area contributed by atoms with Gasteiger partial charge in [0.2, 0.25) is 0 Å². The van der Waals surface area contributed by atoms with Crippen LogP contribution in [0, 0.1) is 10.8 Å². The molecule has 16 heavy (non-hydrogen) atoms. The summed E-state index contributed by atoms with van der Waals surface area (Å²) < 4.78 is 0. The molecule has 3 unspecified atom stereocenters. The van der Waals surface area contributed by atoms with Gasteiger partial charge in [-0.3, -0.25) is 0 Å². The first-order valence-electron chi connectivity index (χ1n) is 6.45. The van der Waals surface area contributed by atoms with Crippen LogP contribution in [0.25, 0.3) is 0 Å². The molecule has 3 atom stereocenters. The second-order valence-electron chi connectivity index (χ2n) is 5.81. The minimum absolute atomic E-state index is 0.104. The van der Waals surface area contributed by atoms with Gasteiger partial charge in [0.05, 0.1) is 10.2 Å². The maximum Gasteiger partial charge on any atom is 0.0535 e. The van der Waals surface area contributed by atoms with E-state index in [0.29, 0.717) is 5.67 Å². The molecule has 0 saturated carbocycles. The third kappa shape index (κ3) is 1.44. The lowest BCUT2D eigenvalue weighted by molar-refractivity contribution is 0.0708. The molecule has 0 N–H and O–H groups in total. The Labute approximate surface area is 108 Å². The molecule has 90 valence electrons. The molecule has 1 fully saturated rings. The summed E-state index contributed by atoms with van der Waals surface area (Å²) in [7, 11) is 8.10. The Balaban J connectivity index is 3.34. The van der Waals surface area contributed by atoms with Gasteiger partial charge in [-0.2, -0.15) is 0 Å². The molecule has 0 bridgehead atoms. The van der Waals surface area contributed by atoms with E-state index < -0.39 is 0 Å². The topological polar surface area (TPSA) is 3.24 Å². The SMILES string of the molecule is CCN1C([Si])C(C)(C)C(C)(CC)C1([Si])CC. The highest BCUT2D eigenvalue weighted by Gasteiger charge is 2.63. The molecule has 0 aromatic heterocycles. The van der Waals surface area contributed by atoms with Crippen molar-refractivity contribution in [2.75, 3.05) is 6.54 Å². The Hall–Kier alpha value is 0.394. The number of hydrogen-bond acceptors (Lipinski definition) is 1. The van der Waals surface area contributed by atoms with Crippen molar-refractivity contribution in [2.45, 2.75) is 65.2 Å². The summed E-state index contributed by atoms with van der Waals surface area (Å²) in [6, 6.07) is 0. The van der Waals surface area contributed by atoms with E-state index in [9.17, 15) is 0 Å². The summed E-state index contributed by atoms with van der Waals surface area (Å²) in [6.07, 6.45) is 2.32. The molecule has 1 heterocycles. The molecule has 1 aliphatic heterocycles. The molecule has 3 heteroatoms. The molecular weight excluding hydrogens is 226 g/mol. The zero-order chi connectivity index (χ0) is 12.8. The van der Waals surface area contributed by atoms with Crippen molar-refractivity contribution in [3.63, 3.8) is 0 Å². The van der Waals surface area contributed by atoms with Crippen molar-refractivity contribution in [3.8, 4) is 0 Å². The third-order valence-electron chi connectivity index (χ3n) is 5.38. The van der Waals surface area contributed by atoms with Crippen LogP contribution in [0.15, 0.2) is 0 Å². The van der Waals surface area contributed by atoms with E-state index in [0.717, 1.165) is 13.0 Å². The van der Waals surface area contributed by atoms with Crippen molar-refractivity contribution >= 4 is 20.5 Å². The monoisotopic (exact) mass is 251 g/mol. The first-order valence-corrected chi connectivity index (χ1v) is 7.53. The van der Waals surface area contributed by atoms with Crippen LogP contribution in [0.5, 0.6) is 0 Å². The smallest absolute Gasteiger partial charge is 0.0535 e. The maximum absolute atomic E-state index is 4.13.